The molecular formula is H2Cl2OTa. The van der Waals surface area contributed by atoms with Gasteiger partial charge in [-0.15, -0.1) is 0 Å². The fourth-order valence-corrected chi connectivity index (χ4v) is 0. The van der Waals surface area contributed by atoms with Crippen LogP contribution < -0.4 is 0 Å². The Kier molecular flexibility index (Phi) is 19.9. The van der Waals surface area contributed by atoms with Gasteiger partial charge in [-0.3, -0.25) is 0 Å². The fourth-order valence-electron chi connectivity index (χ4n) is 0. The minimum absolute atomic E-state index is 0. The molecule has 1 nitrogen and oxygen atoms in total. The maximum atomic E-state index is 4.94. The Balaban J connectivity index is 0. The third-order valence-electron chi connectivity index (χ3n) is 0. The Morgan fingerprint density at radius 3 is 1.25 bits per heavy atom. The van der Waals surface area contributed by atoms with E-state index in [0.717, 1.165) is 0 Å². The van der Waals surface area contributed by atoms with Gasteiger partial charge in [0.2, 0.25) is 0 Å². The summed E-state index contributed by atoms with van der Waals surface area (Å²) in [5, 5.41) is 0. The Hall–Kier alpha value is 1.28. The second-order valence-corrected chi connectivity index (χ2v) is 4.71. The van der Waals surface area contributed by atoms with E-state index in [1.54, 1.807) is 0 Å². The van der Waals surface area contributed by atoms with Crippen LogP contribution >= 0.6 is 18.4 Å². The SMILES string of the molecule is O.[Cl][Ta][Cl]. The molecule has 0 aromatic heterocycles. The van der Waals surface area contributed by atoms with E-state index >= 15 is 0 Å². The van der Waals surface area contributed by atoms with E-state index in [-0.39, 0.29) is 5.48 Å². The fraction of sp³-hybridized carbons (Fsp3) is 0. The Morgan fingerprint density at radius 1 is 1.25 bits per heavy atom. The van der Waals surface area contributed by atoms with Crippen molar-refractivity contribution in [1.82, 2.24) is 0 Å². The van der Waals surface area contributed by atoms with E-state index in [0.29, 0.717) is 0 Å². The van der Waals surface area contributed by atoms with Crippen molar-refractivity contribution in [2.75, 3.05) is 0 Å². The topological polar surface area (TPSA) is 31.5 Å². The van der Waals surface area contributed by atoms with Crippen molar-refractivity contribution in [3.8, 4) is 0 Å². The van der Waals surface area contributed by atoms with Crippen LogP contribution in [0.25, 0.3) is 0 Å². The van der Waals surface area contributed by atoms with Crippen LogP contribution in [0.3, 0.4) is 0 Å². The average Bonchev–Trinajstić information content (AvgIpc) is 0.918. The zero-order valence-corrected chi connectivity index (χ0v) is 6.43. The summed E-state index contributed by atoms with van der Waals surface area (Å²) in [4.78, 5) is 0. The summed E-state index contributed by atoms with van der Waals surface area (Å²) in [6.45, 7) is 0. The van der Waals surface area contributed by atoms with Crippen molar-refractivity contribution in [2.45, 2.75) is 0 Å². The molecule has 0 aromatic carbocycles. The van der Waals surface area contributed by atoms with Crippen molar-refractivity contribution >= 4 is 18.4 Å². The maximum absolute atomic E-state index is 4.94. The molecule has 2 N–H and O–H groups in total. The van der Waals surface area contributed by atoms with Crippen LogP contribution in [0.1, 0.15) is 0 Å². The molecule has 0 bridgehead atoms. The predicted octanol–water partition coefficient (Wildman–Crippen LogP) is 0.552. The van der Waals surface area contributed by atoms with E-state index in [1.807, 2.05) is 0 Å². The first-order chi connectivity index (χ1) is 1.41. The van der Waals surface area contributed by atoms with Gasteiger partial charge in [0.25, 0.3) is 0 Å². The molecular weight excluding hydrogens is 268 g/mol. The van der Waals surface area contributed by atoms with Gasteiger partial charge < -0.3 is 5.48 Å². The first-order valence-corrected chi connectivity index (χ1v) is 8.30. The zero-order chi connectivity index (χ0) is 2.71. The van der Waals surface area contributed by atoms with Crippen LogP contribution in [0.4, 0.5) is 0 Å². The van der Waals surface area contributed by atoms with Crippen molar-refractivity contribution in [2.24, 2.45) is 0 Å². The van der Waals surface area contributed by atoms with Gasteiger partial charge in [-0.1, -0.05) is 0 Å². The second-order valence-electron chi connectivity index (χ2n) is 0.0639. The van der Waals surface area contributed by atoms with Gasteiger partial charge in [-0.05, 0) is 0 Å². The normalized spacial score (nSPS) is 3.50. The molecule has 0 rings (SSSR count). The summed E-state index contributed by atoms with van der Waals surface area (Å²) in [5.74, 6) is 0. The van der Waals surface area contributed by atoms with E-state index in [9.17, 15) is 0 Å². The van der Waals surface area contributed by atoms with Gasteiger partial charge in [0.1, 0.15) is 0 Å². The molecule has 0 unspecified atom stereocenters. The molecule has 0 radical (unpaired) electrons. The standard InChI is InChI=1S/2ClH.H2O.Ta/h2*1H;1H2;/q;;;+2/p-2. The summed E-state index contributed by atoms with van der Waals surface area (Å²) >= 11 is -0.889. The number of halogens is 2. The van der Waals surface area contributed by atoms with E-state index in [4.69, 9.17) is 18.4 Å². The third kappa shape index (κ3) is 10.4. The Bertz CT molecular complexity index is 6.00. The molecule has 0 spiro atoms. The number of rotatable bonds is 0. The van der Waals surface area contributed by atoms with E-state index in [2.05, 4.69) is 0 Å². The molecule has 0 fully saturated rings. The molecule has 27 valence electrons. The summed E-state index contributed by atoms with van der Waals surface area (Å²) in [7, 11) is 9.89. The average molecular weight is 270 g/mol. The van der Waals surface area contributed by atoms with Crippen LogP contribution in [0.2, 0.25) is 0 Å². The summed E-state index contributed by atoms with van der Waals surface area (Å²) in [6.07, 6.45) is 0. The van der Waals surface area contributed by atoms with Crippen molar-refractivity contribution in [3.63, 3.8) is 0 Å². The number of hydrogen-bond donors (Lipinski definition) is 0. The minimum atomic E-state index is -0.889. The van der Waals surface area contributed by atoms with Crippen LogP contribution in [0.15, 0.2) is 0 Å². The number of hydrogen-bond acceptors (Lipinski definition) is 0. The zero-order valence-electron chi connectivity index (χ0n) is 1.70. The van der Waals surface area contributed by atoms with Gasteiger partial charge in [0, 0.05) is 0 Å². The molecule has 0 saturated heterocycles. The monoisotopic (exact) mass is 269 g/mol. The van der Waals surface area contributed by atoms with Crippen LogP contribution in [0, 0.1) is 0 Å². The first kappa shape index (κ1) is 8.99. The molecule has 0 aliphatic rings. The predicted molar refractivity (Wildman–Crippen MR) is 15.3 cm³/mol. The van der Waals surface area contributed by atoms with Gasteiger partial charge in [0.15, 0.2) is 0 Å². The molecule has 0 saturated carbocycles. The molecule has 0 aliphatic heterocycles. The molecule has 0 aromatic rings. The first-order valence-electron chi connectivity index (χ1n) is 0.338. The Morgan fingerprint density at radius 2 is 1.25 bits per heavy atom. The summed E-state index contributed by atoms with van der Waals surface area (Å²) in [6, 6.07) is 0. The van der Waals surface area contributed by atoms with Crippen LogP contribution in [-0.2, 0) is 17.6 Å². The molecule has 0 heterocycles. The molecule has 4 heavy (non-hydrogen) atoms. The summed E-state index contributed by atoms with van der Waals surface area (Å²) < 4.78 is 0. The van der Waals surface area contributed by atoms with E-state index in [1.165, 1.54) is 0 Å². The van der Waals surface area contributed by atoms with Gasteiger partial charge in [-0.2, -0.15) is 0 Å². The van der Waals surface area contributed by atoms with Gasteiger partial charge >= 0.3 is 36.0 Å². The van der Waals surface area contributed by atoms with Gasteiger partial charge in [0.05, 0.1) is 0 Å². The second kappa shape index (κ2) is 8.86. The van der Waals surface area contributed by atoms with Crippen molar-refractivity contribution in [3.05, 3.63) is 0 Å². The molecule has 0 atom stereocenters. The van der Waals surface area contributed by atoms with Crippen LogP contribution in [-0.4, -0.2) is 5.48 Å². The van der Waals surface area contributed by atoms with Crippen LogP contribution in [0.5, 0.6) is 0 Å². The van der Waals surface area contributed by atoms with Crippen molar-refractivity contribution in [1.29, 1.82) is 0 Å². The third-order valence-corrected chi connectivity index (χ3v) is 0. The van der Waals surface area contributed by atoms with E-state index < -0.39 is 17.6 Å². The molecule has 0 aliphatic carbocycles. The summed E-state index contributed by atoms with van der Waals surface area (Å²) in [5.41, 5.74) is 0. The molecule has 4 heteroatoms. The molecule has 0 amide bonds. The Labute approximate surface area is 41.6 Å². The van der Waals surface area contributed by atoms with Gasteiger partial charge in [-0.25, -0.2) is 0 Å². The quantitative estimate of drug-likeness (QED) is 0.615. The van der Waals surface area contributed by atoms with Crippen molar-refractivity contribution < 1.29 is 23.1 Å².